The fraction of sp³-hybridized carbons (Fsp3) is 0.857. The summed E-state index contributed by atoms with van der Waals surface area (Å²) in [6, 6.07) is 0. The minimum Gasteiger partial charge on any atom is -1.00 e. The summed E-state index contributed by atoms with van der Waals surface area (Å²) < 4.78 is 4.31. The van der Waals surface area contributed by atoms with Gasteiger partial charge in [-0.3, -0.25) is 0 Å². The van der Waals surface area contributed by atoms with Crippen LogP contribution in [0.4, 0.5) is 4.79 Å². The Bertz CT molecular complexity index is 101. The summed E-state index contributed by atoms with van der Waals surface area (Å²) >= 11 is 0. The van der Waals surface area contributed by atoms with Crippen LogP contribution in [0, 0.1) is 0 Å². The van der Waals surface area contributed by atoms with E-state index in [0.29, 0.717) is 6.61 Å². The van der Waals surface area contributed by atoms with Crippen LogP contribution < -0.4 is 18.9 Å². The summed E-state index contributed by atoms with van der Waals surface area (Å²) in [6.45, 7) is 2.45. The summed E-state index contributed by atoms with van der Waals surface area (Å²) in [5.74, 6) is 0. The molecule has 0 atom stereocenters. The third-order valence-corrected chi connectivity index (χ3v) is 1.22. The molecule has 3 nitrogen and oxygen atoms in total. The molecule has 0 amide bonds. The zero-order chi connectivity index (χ0) is 7.82. The van der Waals surface area contributed by atoms with E-state index in [-0.39, 0.29) is 20.3 Å². The third-order valence-electron chi connectivity index (χ3n) is 1.22. The first-order valence-corrected chi connectivity index (χ1v) is 3.63. The largest absolute Gasteiger partial charge is 1.00 e. The van der Waals surface area contributed by atoms with E-state index in [9.17, 15) is 4.79 Å². The van der Waals surface area contributed by atoms with Crippen LogP contribution in [-0.4, -0.2) is 17.9 Å². The van der Waals surface area contributed by atoms with Gasteiger partial charge in [-0.25, -0.2) is 4.79 Å². The zero-order valence-electron chi connectivity index (χ0n) is 8.30. The molecule has 0 heterocycles. The van der Waals surface area contributed by atoms with E-state index in [1.54, 1.807) is 0 Å². The Morgan fingerprint density at radius 2 is 2.09 bits per heavy atom. The Morgan fingerprint density at radius 1 is 1.45 bits per heavy atom. The van der Waals surface area contributed by atoms with Crippen LogP contribution in [0.1, 0.15) is 34.0 Å². The van der Waals surface area contributed by atoms with Crippen molar-refractivity contribution < 1.29 is 34.9 Å². The summed E-state index contributed by atoms with van der Waals surface area (Å²) in [7, 11) is 0. The third kappa shape index (κ3) is 13.0. The topological polar surface area (TPSA) is 46.5 Å². The van der Waals surface area contributed by atoms with Gasteiger partial charge < -0.3 is 11.3 Å². The van der Waals surface area contributed by atoms with Crippen molar-refractivity contribution in [1.29, 1.82) is 0 Å². The Hall–Kier alpha value is -0.133. The maximum absolute atomic E-state index is 9.81. The van der Waals surface area contributed by atoms with Crippen LogP contribution in [0.25, 0.3) is 0 Å². The fourth-order valence-electron chi connectivity index (χ4n) is 0.688. The predicted octanol–water partition coefficient (Wildman–Crippen LogP) is -0.622. The van der Waals surface area contributed by atoms with Gasteiger partial charge in [0.25, 0.3) is 0 Å². The molecule has 0 unspecified atom stereocenters. The molecular weight excluding hydrogens is 139 g/mol. The summed E-state index contributed by atoms with van der Waals surface area (Å²) in [5, 5.41) is 8.05. The number of carbonyl (C=O) groups is 1. The van der Waals surface area contributed by atoms with Crippen molar-refractivity contribution >= 4 is 6.16 Å². The molecule has 1 N–H and O–H groups in total. The second kappa shape index (κ2) is 9.87. The number of carboxylic acid groups (broad SMARTS) is 1. The molecule has 0 radical (unpaired) electrons. The molecule has 0 fully saturated rings. The Morgan fingerprint density at radius 3 is 2.55 bits per heavy atom. The van der Waals surface area contributed by atoms with Gasteiger partial charge in [-0.15, -0.1) is 0 Å². The van der Waals surface area contributed by atoms with Gasteiger partial charge in [-0.1, -0.05) is 26.2 Å². The summed E-state index contributed by atoms with van der Waals surface area (Å²) in [5.41, 5.74) is 0. The predicted molar refractivity (Wildman–Crippen MR) is 39.2 cm³/mol. The molecule has 0 aliphatic rings. The van der Waals surface area contributed by atoms with E-state index < -0.39 is 6.16 Å². The molecule has 0 saturated carbocycles. The molecular formula is C7H15LiO3. The molecule has 62 valence electrons. The first-order chi connectivity index (χ1) is 4.77. The second-order valence-electron chi connectivity index (χ2n) is 2.18. The molecule has 0 aromatic carbocycles. The standard InChI is InChI=1S/C7H14O3.Li.H/c1-2-3-4-5-6-10-7(8)9;;/h2-6H2,1H3,(H,8,9);;/q;+1;-1. The van der Waals surface area contributed by atoms with Crippen molar-refractivity contribution in [3.05, 3.63) is 0 Å². The van der Waals surface area contributed by atoms with E-state index in [2.05, 4.69) is 11.7 Å². The SMILES string of the molecule is CCCCCCOC(=O)O.[H-].[Li+]. The normalized spacial score (nSPS) is 8.45. The zero-order valence-corrected chi connectivity index (χ0v) is 7.30. The number of hydrogen-bond acceptors (Lipinski definition) is 2. The van der Waals surface area contributed by atoms with Crippen molar-refractivity contribution in [3.63, 3.8) is 0 Å². The number of ether oxygens (including phenoxy) is 1. The van der Waals surface area contributed by atoms with Gasteiger partial charge in [-0.05, 0) is 6.42 Å². The van der Waals surface area contributed by atoms with Crippen LogP contribution in [-0.2, 0) is 4.74 Å². The number of rotatable bonds is 5. The minimum atomic E-state index is -1.17. The van der Waals surface area contributed by atoms with Gasteiger partial charge in [0, 0.05) is 0 Å². The molecule has 4 heteroatoms. The maximum Gasteiger partial charge on any atom is 1.00 e. The van der Waals surface area contributed by atoms with Crippen LogP contribution in [0.15, 0.2) is 0 Å². The summed E-state index contributed by atoms with van der Waals surface area (Å²) in [4.78, 5) is 9.81. The van der Waals surface area contributed by atoms with Crippen molar-refractivity contribution in [3.8, 4) is 0 Å². The van der Waals surface area contributed by atoms with E-state index in [0.717, 1.165) is 25.7 Å². The van der Waals surface area contributed by atoms with E-state index in [4.69, 9.17) is 5.11 Å². The van der Waals surface area contributed by atoms with Crippen LogP contribution in [0.2, 0.25) is 0 Å². The Labute approximate surface area is 80.8 Å². The Balaban J connectivity index is -0.000000405. The average Bonchev–Trinajstić information content (AvgIpc) is 1.87. The molecule has 0 saturated heterocycles. The summed E-state index contributed by atoms with van der Waals surface area (Å²) in [6.07, 6.45) is 3.05. The number of hydrogen-bond donors (Lipinski definition) is 1. The number of unbranched alkanes of at least 4 members (excludes halogenated alkanes) is 3. The van der Waals surface area contributed by atoms with Gasteiger partial charge >= 0.3 is 25.0 Å². The molecule has 0 aliphatic carbocycles. The monoisotopic (exact) mass is 154 g/mol. The van der Waals surface area contributed by atoms with Crippen molar-refractivity contribution in [2.45, 2.75) is 32.6 Å². The van der Waals surface area contributed by atoms with Gasteiger partial charge in [0.1, 0.15) is 0 Å². The van der Waals surface area contributed by atoms with E-state index in [1.807, 2.05) is 0 Å². The van der Waals surface area contributed by atoms with Crippen LogP contribution in [0.3, 0.4) is 0 Å². The quantitative estimate of drug-likeness (QED) is 0.326. The molecule has 0 rings (SSSR count). The van der Waals surface area contributed by atoms with Crippen LogP contribution >= 0.6 is 0 Å². The first kappa shape index (κ1) is 13.5. The van der Waals surface area contributed by atoms with Crippen LogP contribution in [0.5, 0.6) is 0 Å². The Kier molecular flexibility index (Phi) is 12.1. The maximum atomic E-state index is 9.81. The van der Waals surface area contributed by atoms with Crippen molar-refractivity contribution in [2.24, 2.45) is 0 Å². The van der Waals surface area contributed by atoms with Gasteiger partial charge in [0.15, 0.2) is 0 Å². The van der Waals surface area contributed by atoms with Crippen molar-refractivity contribution in [1.82, 2.24) is 0 Å². The van der Waals surface area contributed by atoms with Gasteiger partial charge in [-0.2, -0.15) is 0 Å². The molecule has 11 heavy (non-hydrogen) atoms. The minimum absolute atomic E-state index is 0. The molecule has 0 bridgehead atoms. The average molecular weight is 154 g/mol. The molecule has 0 aromatic heterocycles. The van der Waals surface area contributed by atoms with E-state index >= 15 is 0 Å². The smallest absolute Gasteiger partial charge is 1.00 e. The second-order valence-corrected chi connectivity index (χ2v) is 2.18. The molecule has 0 aromatic rings. The van der Waals surface area contributed by atoms with Gasteiger partial charge in [0.05, 0.1) is 6.61 Å². The van der Waals surface area contributed by atoms with Gasteiger partial charge in [0.2, 0.25) is 0 Å². The molecule has 0 spiro atoms. The molecule has 0 aliphatic heterocycles. The van der Waals surface area contributed by atoms with E-state index in [1.165, 1.54) is 0 Å². The van der Waals surface area contributed by atoms with Crippen molar-refractivity contribution in [2.75, 3.05) is 6.61 Å². The first-order valence-electron chi connectivity index (χ1n) is 3.63. The fourth-order valence-corrected chi connectivity index (χ4v) is 0.688.